The highest BCUT2D eigenvalue weighted by Gasteiger charge is 2.46. The lowest BCUT2D eigenvalue weighted by molar-refractivity contribution is -0.156. The number of nitrogens with one attached hydrogen (secondary N) is 2. The Hall–Kier alpha value is -3.07. The van der Waals surface area contributed by atoms with Gasteiger partial charge in [-0.15, -0.1) is 0 Å². The maximum absolute atomic E-state index is 12.8. The van der Waals surface area contributed by atoms with Gasteiger partial charge in [-0.2, -0.15) is 0 Å². The minimum Gasteiger partial charge on any atom is -0.379 e. The van der Waals surface area contributed by atoms with Crippen LogP contribution in [0, 0.1) is 5.41 Å². The normalized spacial score (nSPS) is 23.2. The van der Waals surface area contributed by atoms with Crippen LogP contribution in [0.4, 0.5) is 5.69 Å². The highest BCUT2D eigenvalue weighted by molar-refractivity contribution is 6.24. The summed E-state index contributed by atoms with van der Waals surface area (Å²) in [5, 5.41) is 4.94. The predicted octanol–water partition coefficient (Wildman–Crippen LogP) is 0.453. The third kappa shape index (κ3) is 2.70. The Morgan fingerprint density at radius 3 is 2.54 bits per heavy atom. The summed E-state index contributed by atoms with van der Waals surface area (Å²) < 4.78 is 5.16. The van der Waals surface area contributed by atoms with E-state index < -0.39 is 35.1 Å². The van der Waals surface area contributed by atoms with Crippen LogP contribution >= 0.6 is 0 Å². The van der Waals surface area contributed by atoms with Crippen LogP contribution in [0.2, 0.25) is 0 Å². The van der Waals surface area contributed by atoms with Crippen molar-refractivity contribution in [3.63, 3.8) is 0 Å². The van der Waals surface area contributed by atoms with E-state index in [-0.39, 0.29) is 29.9 Å². The van der Waals surface area contributed by atoms with Crippen molar-refractivity contribution in [3.05, 3.63) is 29.3 Å². The summed E-state index contributed by atoms with van der Waals surface area (Å²) in [5.74, 6) is -2.46. The smallest absolute Gasteiger partial charge is 0.262 e. The van der Waals surface area contributed by atoms with Crippen LogP contribution < -0.4 is 10.6 Å². The van der Waals surface area contributed by atoms with Crippen molar-refractivity contribution in [3.8, 4) is 0 Å². The van der Waals surface area contributed by atoms with Crippen LogP contribution in [-0.4, -0.2) is 53.7 Å². The fraction of sp³-hybridized carbons (Fsp3) is 0.421. The molecule has 5 amide bonds. The van der Waals surface area contributed by atoms with Crippen molar-refractivity contribution in [2.75, 3.05) is 18.5 Å². The van der Waals surface area contributed by atoms with Crippen LogP contribution in [0.25, 0.3) is 0 Å². The molecular formula is C19H19N3O6. The van der Waals surface area contributed by atoms with Crippen LogP contribution in [0.15, 0.2) is 18.2 Å². The number of benzene rings is 1. The predicted molar refractivity (Wildman–Crippen MR) is 95.3 cm³/mol. The van der Waals surface area contributed by atoms with Crippen molar-refractivity contribution in [1.29, 1.82) is 0 Å². The van der Waals surface area contributed by atoms with Gasteiger partial charge in [0.05, 0.1) is 29.8 Å². The molecule has 2 fully saturated rings. The van der Waals surface area contributed by atoms with Gasteiger partial charge in [0.25, 0.3) is 11.8 Å². The van der Waals surface area contributed by atoms with Crippen LogP contribution in [-0.2, 0) is 19.1 Å². The summed E-state index contributed by atoms with van der Waals surface area (Å²) >= 11 is 0. The Balaban J connectivity index is 1.57. The molecule has 2 N–H and O–H groups in total. The van der Waals surface area contributed by atoms with Gasteiger partial charge in [0.1, 0.15) is 6.04 Å². The second kappa shape index (κ2) is 6.52. The number of hydrogen-bond acceptors (Lipinski definition) is 6. The molecule has 1 atom stereocenters. The van der Waals surface area contributed by atoms with E-state index in [2.05, 4.69) is 10.6 Å². The lowest BCUT2D eigenvalue weighted by atomic mass is 9.82. The first kappa shape index (κ1) is 18.3. The highest BCUT2D eigenvalue weighted by atomic mass is 16.5. The van der Waals surface area contributed by atoms with Gasteiger partial charge in [0.2, 0.25) is 17.7 Å². The first-order valence-electron chi connectivity index (χ1n) is 9.11. The number of ether oxygens (including phenoxy) is 1. The Labute approximate surface area is 160 Å². The van der Waals surface area contributed by atoms with E-state index >= 15 is 0 Å². The summed E-state index contributed by atoms with van der Waals surface area (Å²) in [4.78, 5) is 62.3. The van der Waals surface area contributed by atoms with Gasteiger partial charge in [-0.3, -0.25) is 34.2 Å². The molecule has 3 aliphatic rings. The molecule has 0 aromatic heterocycles. The van der Waals surface area contributed by atoms with E-state index in [9.17, 15) is 24.0 Å². The highest BCUT2D eigenvalue weighted by Crippen LogP contribution is 2.34. The standard InChI is InChI=1S/C19H19N3O6/c1-2-19(8-28-9-19)18(27)20-10-3-4-11-12(7-10)17(26)22(16(11)25)13-5-6-14(23)21-15(13)24/h3-4,7,13H,2,5-6,8-9H2,1H3,(H,20,27)(H,21,23,24). The maximum atomic E-state index is 12.8. The molecule has 0 aliphatic carbocycles. The molecule has 28 heavy (non-hydrogen) atoms. The molecule has 1 aromatic rings. The molecule has 9 nitrogen and oxygen atoms in total. The number of nitrogens with zero attached hydrogens (tertiary/aromatic N) is 1. The van der Waals surface area contributed by atoms with E-state index in [0.717, 1.165) is 4.90 Å². The largest absolute Gasteiger partial charge is 0.379 e. The molecule has 3 heterocycles. The summed E-state index contributed by atoms with van der Waals surface area (Å²) in [7, 11) is 0. The number of piperidine rings is 1. The summed E-state index contributed by atoms with van der Waals surface area (Å²) in [5.41, 5.74) is 0.125. The number of imide groups is 2. The van der Waals surface area contributed by atoms with Crippen LogP contribution in [0.3, 0.4) is 0 Å². The van der Waals surface area contributed by atoms with E-state index in [1.54, 1.807) is 6.07 Å². The third-order valence-electron chi connectivity index (χ3n) is 5.61. The molecule has 146 valence electrons. The molecular weight excluding hydrogens is 366 g/mol. The topological polar surface area (TPSA) is 122 Å². The molecule has 0 radical (unpaired) electrons. The van der Waals surface area contributed by atoms with Gasteiger partial charge >= 0.3 is 0 Å². The van der Waals surface area contributed by atoms with Gasteiger partial charge in [0, 0.05) is 12.1 Å². The number of amides is 5. The van der Waals surface area contributed by atoms with Crippen molar-refractivity contribution in [2.45, 2.75) is 32.2 Å². The third-order valence-corrected chi connectivity index (χ3v) is 5.61. The Bertz CT molecular complexity index is 915. The second-order valence-corrected chi connectivity index (χ2v) is 7.29. The molecule has 0 bridgehead atoms. The first-order chi connectivity index (χ1) is 13.4. The molecule has 0 spiro atoms. The Kier molecular flexibility index (Phi) is 4.26. The van der Waals surface area contributed by atoms with Crippen LogP contribution in [0.1, 0.15) is 46.9 Å². The fourth-order valence-corrected chi connectivity index (χ4v) is 3.66. The number of carbonyl (C=O) groups is 5. The van der Waals surface area contributed by atoms with E-state index in [0.29, 0.717) is 25.3 Å². The SMILES string of the molecule is CCC1(C(=O)Nc2ccc3c(c2)C(=O)N(C2CCC(=O)NC2=O)C3=O)COC1. The zero-order valence-corrected chi connectivity index (χ0v) is 15.2. The van der Waals surface area contributed by atoms with Gasteiger partial charge < -0.3 is 10.1 Å². The lowest BCUT2D eigenvalue weighted by Gasteiger charge is -2.38. The number of hydrogen-bond donors (Lipinski definition) is 2. The molecule has 2 saturated heterocycles. The van der Waals surface area contributed by atoms with Crippen molar-refractivity contribution in [2.24, 2.45) is 5.41 Å². The number of anilines is 1. The fourth-order valence-electron chi connectivity index (χ4n) is 3.66. The van der Waals surface area contributed by atoms with Gasteiger partial charge in [-0.05, 0) is 31.0 Å². The average molecular weight is 385 g/mol. The van der Waals surface area contributed by atoms with Crippen molar-refractivity contribution < 1.29 is 28.7 Å². The van der Waals surface area contributed by atoms with Gasteiger partial charge in [0.15, 0.2) is 0 Å². The summed E-state index contributed by atoms with van der Waals surface area (Å²) in [6, 6.07) is 3.45. The quantitative estimate of drug-likeness (QED) is 0.726. The zero-order chi connectivity index (χ0) is 20.1. The number of rotatable bonds is 4. The lowest BCUT2D eigenvalue weighted by Crippen LogP contribution is -2.54. The minimum atomic E-state index is -1.02. The van der Waals surface area contributed by atoms with Gasteiger partial charge in [-0.25, -0.2) is 0 Å². The molecule has 0 saturated carbocycles. The van der Waals surface area contributed by atoms with Crippen molar-refractivity contribution >= 4 is 35.2 Å². The van der Waals surface area contributed by atoms with Crippen LogP contribution in [0.5, 0.6) is 0 Å². The molecule has 3 aliphatic heterocycles. The first-order valence-corrected chi connectivity index (χ1v) is 9.11. The second-order valence-electron chi connectivity index (χ2n) is 7.29. The van der Waals surface area contributed by atoms with E-state index in [1.807, 2.05) is 6.92 Å². The molecule has 4 rings (SSSR count). The summed E-state index contributed by atoms with van der Waals surface area (Å²) in [6.07, 6.45) is 0.787. The number of fused-ring (bicyclic) bond motifs is 1. The zero-order valence-electron chi connectivity index (χ0n) is 15.2. The summed E-state index contributed by atoms with van der Waals surface area (Å²) in [6.45, 7) is 2.60. The maximum Gasteiger partial charge on any atom is 0.262 e. The molecule has 1 aromatic carbocycles. The van der Waals surface area contributed by atoms with Crippen molar-refractivity contribution in [1.82, 2.24) is 10.2 Å². The average Bonchev–Trinajstić information content (AvgIpc) is 2.86. The number of carbonyl (C=O) groups excluding carboxylic acids is 5. The Morgan fingerprint density at radius 1 is 1.21 bits per heavy atom. The van der Waals surface area contributed by atoms with E-state index in [1.165, 1.54) is 12.1 Å². The molecule has 9 heteroatoms. The van der Waals surface area contributed by atoms with Gasteiger partial charge in [-0.1, -0.05) is 6.92 Å². The minimum absolute atomic E-state index is 0.0618. The monoisotopic (exact) mass is 385 g/mol. The Morgan fingerprint density at radius 2 is 1.93 bits per heavy atom. The van der Waals surface area contributed by atoms with E-state index in [4.69, 9.17) is 4.74 Å². The molecule has 1 unspecified atom stereocenters.